The molecule has 1 aromatic heterocycles. The number of nitrogens with zero attached hydrogens (tertiary/aromatic N) is 3. The second kappa shape index (κ2) is 8.69. The number of benzene rings is 1. The van der Waals surface area contributed by atoms with Crippen LogP contribution in [0.5, 0.6) is 5.75 Å². The lowest BCUT2D eigenvalue weighted by atomic mass is 9.78. The fraction of sp³-hybridized carbons (Fsp3) is 0.519. The van der Waals surface area contributed by atoms with E-state index in [4.69, 9.17) is 10.4 Å². The Morgan fingerprint density at radius 2 is 1.65 bits per heavy atom. The van der Waals surface area contributed by atoms with E-state index in [2.05, 4.69) is 10.2 Å². The lowest BCUT2D eigenvalue weighted by Crippen LogP contribution is -2.44. The molecule has 0 radical (unpaired) electrons. The normalized spacial score (nSPS) is 16.7. The summed E-state index contributed by atoms with van der Waals surface area (Å²) in [6.07, 6.45) is 0. The van der Waals surface area contributed by atoms with E-state index in [1.807, 2.05) is 65.8 Å². The highest BCUT2D eigenvalue weighted by atomic mass is 16.3. The van der Waals surface area contributed by atoms with E-state index in [-0.39, 0.29) is 28.9 Å². The molecule has 1 fully saturated rings. The second-order valence-electron chi connectivity index (χ2n) is 11.5. The third kappa shape index (κ3) is 4.67. The molecule has 2 aromatic rings. The number of phenols is 1. The standard InChI is InChI=1S/C27H37N5O2/c1-26(2,3)19-13-18(14-20(24(19)34)27(4,5)6)21(33)16-32-15-17-7-8-22(30-23(17)25(32)28)31-11-9-29-10-12-31/h7-8,13-14,28-29,34H,9-12,15-16H2,1-6H3. The Morgan fingerprint density at radius 1 is 1.06 bits per heavy atom. The van der Waals surface area contributed by atoms with Crippen LogP contribution in [0, 0.1) is 5.41 Å². The molecule has 0 unspecified atom stereocenters. The first-order valence-corrected chi connectivity index (χ1v) is 12.1. The van der Waals surface area contributed by atoms with Crippen molar-refractivity contribution in [2.45, 2.75) is 58.9 Å². The molecule has 4 rings (SSSR count). The highest BCUT2D eigenvalue weighted by molar-refractivity contribution is 6.04. The smallest absolute Gasteiger partial charge is 0.182 e. The van der Waals surface area contributed by atoms with E-state index in [1.54, 1.807) is 4.90 Å². The number of rotatable bonds is 4. The molecule has 1 saturated heterocycles. The molecule has 182 valence electrons. The lowest BCUT2D eigenvalue weighted by molar-refractivity contribution is 0.0962. The predicted octanol–water partition coefficient (Wildman–Crippen LogP) is 3.82. The number of carbonyl (C=O) groups excluding carboxylic acids is 1. The molecular formula is C27H37N5O2. The van der Waals surface area contributed by atoms with E-state index in [1.165, 1.54) is 0 Å². The number of nitrogens with one attached hydrogen (secondary N) is 2. The Balaban J connectivity index is 1.58. The fourth-order valence-corrected chi connectivity index (χ4v) is 4.65. The van der Waals surface area contributed by atoms with Gasteiger partial charge < -0.3 is 20.2 Å². The van der Waals surface area contributed by atoms with Crippen molar-refractivity contribution in [3.63, 3.8) is 0 Å². The summed E-state index contributed by atoms with van der Waals surface area (Å²) in [5.41, 5.74) is 3.15. The highest BCUT2D eigenvalue weighted by Crippen LogP contribution is 2.40. The molecule has 34 heavy (non-hydrogen) atoms. The number of hydrogen-bond donors (Lipinski definition) is 3. The summed E-state index contributed by atoms with van der Waals surface area (Å²) >= 11 is 0. The number of anilines is 1. The van der Waals surface area contributed by atoms with Crippen LogP contribution in [0.4, 0.5) is 5.82 Å². The molecule has 3 heterocycles. The van der Waals surface area contributed by atoms with Crippen LogP contribution < -0.4 is 10.2 Å². The van der Waals surface area contributed by atoms with Gasteiger partial charge in [-0.1, -0.05) is 47.6 Å². The number of aromatic hydroxyl groups is 1. The lowest BCUT2D eigenvalue weighted by Gasteiger charge is -2.28. The maximum absolute atomic E-state index is 13.4. The third-order valence-corrected chi connectivity index (χ3v) is 6.69. The number of fused-ring (bicyclic) bond motifs is 1. The van der Waals surface area contributed by atoms with Crippen molar-refractivity contribution >= 4 is 17.4 Å². The van der Waals surface area contributed by atoms with Gasteiger partial charge >= 0.3 is 0 Å². The molecule has 0 bridgehead atoms. The molecule has 7 nitrogen and oxygen atoms in total. The Bertz CT molecular complexity index is 1090. The van der Waals surface area contributed by atoms with Gasteiger partial charge in [0, 0.05) is 55.0 Å². The number of amidine groups is 1. The van der Waals surface area contributed by atoms with Gasteiger partial charge in [0.15, 0.2) is 5.78 Å². The van der Waals surface area contributed by atoms with Gasteiger partial charge in [-0.15, -0.1) is 0 Å². The quantitative estimate of drug-likeness (QED) is 0.597. The molecule has 0 spiro atoms. The molecule has 3 N–H and O–H groups in total. The van der Waals surface area contributed by atoms with Crippen LogP contribution in [-0.2, 0) is 17.4 Å². The Morgan fingerprint density at radius 3 is 2.21 bits per heavy atom. The predicted molar refractivity (Wildman–Crippen MR) is 136 cm³/mol. The molecule has 0 amide bonds. The molecule has 0 saturated carbocycles. The largest absolute Gasteiger partial charge is 0.507 e. The number of piperazine rings is 1. The summed E-state index contributed by atoms with van der Waals surface area (Å²) in [5, 5.41) is 23.0. The first-order chi connectivity index (χ1) is 15.9. The summed E-state index contributed by atoms with van der Waals surface area (Å²) in [6, 6.07) is 7.70. The van der Waals surface area contributed by atoms with Gasteiger partial charge in [0.2, 0.25) is 0 Å². The molecule has 7 heteroatoms. The van der Waals surface area contributed by atoms with Gasteiger partial charge in [-0.3, -0.25) is 10.2 Å². The summed E-state index contributed by atoms with van der Waals surface area (Å²) in [6.45, 7) is 16.5. The molecule has 2 aliphatic heterocycles. The van der Waals surface area contributed by atoms with Crippen molar-refractivity contribution < 1.29 is 9.90 Å². The number of pyridine rings is 1. The van der Waals surface area contributed by atoms with Crippen molar-refractivity contribution in [1.29, 1.82) is 5.41 Å². The molecule has 0 aliphatic carbocycles. The van der Waals surface area contributed by atoms with Crippen molar-refractivity contribution in [2.24, 2.45) is 0 Å². The van der Waals surface area contributed by atoms with Crippen molar-refractivity contribution in [2.75, 3.05) is 37.6 Å². The zero-order valence-electron chi connectivity index (χ0n) is 21.2. The van der Waals surface area contributed by atoms with Crippen LogP contribution in [0.2, 0.25) is 0 Å². The van der Waals surface area contributed by atoms with Crippen LogP contribution in [-0.4, -0.2) is 59.3 Å². The van der Waals surface area contributed by atoms with Crippen LogP contribution >= 0.6 is 0 Å². The zero-order chi connectivity index (χ0) is 24.8. The van der Waals surface area contributed by atoms with E-state index < -0.39 is 0 Å². The number of aromatic nitrogens is 1. The van der Waals surface area contributed by atoms with Gasteiger partial charge in [-0.25, -0.2) is 4.98 Å². The fourth-order valence-electron chi connectivity index (χ4n) is 4.65. The number of phenolic OH excluding ortho intramolecular Hbond substituents is 1. The van der Waals surface area contributed by atoms with Gasteiger partial charge in [-0.2, -0.15) is 0 Å². The Hall–Kier alpha value is -2.93. The van der Waals surface area contributed by atoms with Crippen molar-refractivity contribution in [3.8, 4) is 5.75 Å². The summed E-state index contributed by atoms with van der Waals surface area (Å²) < 4.78 is 0. The van der Waals surface area contributed by atoms with E-state index in [9.17, 15) is 9.90 Å². The number of carbonyl (C=O) groups is 1. The van der Waals surface area contributed by atoms with Crippen molar-refractivity contribution in [3.05, 3.63) is 52.2 Å². The van der Waals surface area contributed by atoms with Gasteiger partial charge in [0.25, 0.3) is 0 Å². The highest BCUT2D eigenvalue weighted by Gasteiger charge is 2.31. The average molecular weight is 464 g/mol. The average Bonchev–Trinajstić information content (AvgIpc) is 3.07. The summed E-state index contributed by atoms with van der Waals surface area (Å²) in [4.78, 5) is 22.2. The Kier molecular flexibility index (Phi) is 6.19. The minimum atomic E-state index is -0.304. The topological polar surface area (TPSA) is 92.6 Å². The van der Waals surface area contributed by atoms with Crippen molar-refractivity contribution in [1.82, 2.24) is 15.2 Å². The van der Waals surface area contributed by atoms with Crippen LogP contribution in [0.15, 0.2) is 24.3 Å². The van der Waals surface area contributed by atoms with Crippen LogP contribution in [0.25, 0.3) is 0 Å². The molecule has 2 aliphatic rings. The zero-order valence-corrected chi connectivity index (χ0v) is 21.2. The minimum absolute atomic E-state index is 0.0594. The maximum Gasteiger partial charge on any atom is 0.182 e. The number of Topliss-reactive ketones (excluding diaryl/α,β-unsaturated/α-hetero) is 1. The number of hydrogen-bond acceptors (Lipinski definition) is 6. The van der Waals surface area contributed by atoms with E-state index >= 15 is 0 Å². The summed E-state index contributed by atoms with van der Waals surface area (Å²) in [7, 11) is 0. The number of ketones is 1. The first kappa shape index (κ1) is 24.2. The second-order valence-corrected chi connectivity index (χ2v) is 11.5. The van der Waals surface area contributed by atoms with Gasteiger partial charge in [-0.05, 0) is 29.0 Å². The SMILES string of the molecule is CC(C)(C)c1cc(C(=O)CN2Cc3ccc(N4CCNCC4)nc3C2=N)cc(C(C)(C)C)c1O. The minimum Gasteiger partial charge on any atom is -0.507 e. The summed E-state index contributed by atoms with van der Waals surface area (Å²) in [5.74, 6) is 1.39. The van der Waals surface area contributed by atoms with E-state index in [0.717, 1.165) is 48.7 Å². The van der Waals surface area contributed by atoms with Crippen LogP contribution in [0.1, 0.15) is 74.3 Å². The van der Waals surface area contributed by atoms with Gasteiger partial charge in [0.1, 0.15) is 23.1 Å². The monoisotopic (exact) mass is 463 g/mol. The maximum atomic E-state index is 13.4. The first-order valence-electron chi connectivity index (χ1n) is 12.1. The molecular weight excluding hydrogens is 426 g/mol. The van der Waals surface area contributed by atoms with E-state index in [0.29, 0.717) is 23.6 Å². The Labute approximate surface area is 202 Å². The molecule has 0 atom stereocenters. The van der Waals surface area contributed by atoms with Crippen LogP contribution in [0.3, 0.4) is 0 Å². The molecule has 1 aromatic carbocycles. The third-order valence-electron chi connectivity index (χ3n) is 6.69. The van der Waals surface area contributed by atoms with Gasteiger partial charge in [0.05, 0.1) is 6.54 Å².